The summed E-state index contributed by atoms with van der Waals surface area (Å²) in [7, 11) is 0. The molecule has 0 bridgehead atoms. The van der Waals surface area contributed by atoms with E-state index >= 15 is 0 Å². The molecule has 1 rings (SSSR count). The highest BCUT2D eigenvalue weighted by Gasteiger charge is 2.00. The molecule has 0 aliphatic rings. The first-order valence-electron chi connectivity index (χ1n) is 3.18. The van der Waals surface area contributed by atoms with Crippen molar-refractivity contribution in [3.05, 3.63) is 48.6 Å². The Morgan fingerprint density at radius 2 is 1.90 bits per heavy atom. The summed E-state index contributed by atoms with van der Waals surface area (Å²) in [6, 6.07) is 9.20. The van der Waals surface area contributed by atoms with Crippen molar-refractivity contribution in [1.29, 1.82) is 0 Å². The molecule has 10 heavy (non-hydrogen) atoms. The van der Waals surface area contributed by atoms with Crippen LogP contribution in [0.15, 0.2) is 43.0 Å². The Labute approximate surface area is 60.6 Å². The molecule has 0 aromatic heterocycles. The maximum atomic E-state index is 11.0. The minimum absolute atomic E-state index is 0.775. The molecular formula is C9H9O. The number of rotatable bonds is 2. The summed E-state index contributed by atoms with van der Waals surface area (Å²) >= 11 is 0. The van der Waals surface area contributed by atoms with E-state index < -0.39 is 6.10 Å². The van der Waals surface area contributed by atoms with E-state index in [1.807, 2.05) is 18.2 Å². The van der Waals surface area contributed by atoms with Gasteiger partial charge in [0.25, 0.3) is 0 Å². The fraction of sp³-hybridized carbons (Fsp3) is 0.111. The van der Waals surface area contributed by atoms with E-state index in [4.69, 9.17) is 0 Å². The van der Waals surface area contributed by atoms with Gasteiger partial charge in [-0.2, -0.15) is 0 Å². The van der Waals surface area contributed by atoms with Crippen molar-refractivity contribution in [2.75, 3.05) is 0 Å². The van der Waals surface area contributed by atoms with Crippen LogP contribution in [0, 0.1) is 0 Å². The quantitative estimate of drug-likeness (QED) is 0.552. The maximum absolute atomic E-state index is 11.0. The molecule has 1 aromatic carbocycles. The molecule has 0 saturated carbocycles. The highest BCUT2D eigenvalue weighted by molar-refractivity contribution is 5.19. The molecule has 0 aliphatic carbocycles. The predicted molar refractivity (Wildman–Crippen MR) is 40.1 cm³/mol. The summed E-state index contributed by atoms with van der Waals surface area (Å²) in [5.74, 6) is 0. The number of hydrogen-bond donors (Lipinski definition) is 0. The predicted octanol–water partition coefficient (Wildman–Crippen LogP) is 2.34. The van der Waals surface area contributed by atoms with Gasteiger partial charge in [-0.25, -0.2) is 5.11 Å². The third-order valence-electron chi connectivity index (χ3n) is 1.34. The third-order valence-corrected chi connectivity index (χ3v) is 1.34. The van der Waals surface area contributed by atoms with Crippen molar-refractivity contribution >= 4 is 0 Å². The van der Waals surface area contributed by atoms with Crippen molar-refractivity contribution in [3.63, 3.8) is 0 Å². The lowest BCUT2D eigenvalue weighted by Gasteiger charge is -1.99. The molecule has 0 saturated heterocycles. The molecule has 1 heteroatoms. The second-order valence-electron chi connectivity index (χ2n) is 2.07. The molecular weight excluding hydrogens is 124 g/mol. The van der Waals surface area contributed by atoms with Gasteiger partial charge in [-0.05, 0) is 5.56 Å². The van der Waals surface area contributed by atoms with Crippen LogP contribution in [0.5, 0.6) is 0 Å². The van der Waals surface area contributed by atoms with Crippen LogP contribution in [0.25, 0.3) is 0 Å². The zero-order chi connectivity index (χ0) is 7.40. The van der Waals surface area contributed by atoms with Crippen molar-refractivity contribution < 1.29 is 5.11 Å². The average molecular weight is 133 g/mol. The molecule has 0 unspecified atom stereocenters. The topological polar surface area (TPSA) is 19.9 Å². The van der Waals surface area contributed by atoms with Gasteiger partial charge in [0.05, 0.1) is 0 Å². The summed E-state index contributed by atoms with van der Waals surface area (Å²) in [6.07, 6.45) is 0.621. The summed E-state index contributed by atoms with van der Waals surface area (Å²) in [5.41, 5.74) is 0.775. The molecule has 0 heterocycles. The maximum Gasteiger partial charge on any atom is 0.136 e. The standard InChI is InChI=1S/C9H9O/c1-2-9(10)8-6-4-3-5-7-8/h2-7,9H,1H2/t9-/m1/s1. The third kappa shape index (κ3) is 1.45. The van der Waals surface area contributed by atoms with E-state index in [2.05, 4.69) is 6.58 Å². The van der Waals surface area contributed by atoms with Crippen molar-refractivity contribution in [2.45, 2.75) is 6.10 Å². The molecule has 1 atom stereocenters. The second-order valence-corrected chi connectivity index (χ2v) is 2.07. The molecule has 1 radical (unpaired) electrons. The van der Waals surface area contributed by atoms with Gasteiger partial charge in [0.1, 0.15) is 6.10 Å². The summed E-state index contributed by atoms with van der Waals surface area (Å²) < 4.78 is 0. The molecule has 0 amide bonds. The lowest BCUT2D eigenvalue weighted by Crippen LogP contribution is -1.88. The summed E-state index contributed by atoms with van der Waals surface area (Å²) in [4.78, 5) is 0. The first-order valence-corrected chi connectivity index (χ1v) is 3.18. The molecule has 0 N–H and O–H groups in total. The lowest BCUT2D eigenvalue weighted by molar-refractivity contribution is 0.132. The second kappa shape index (κ2) is 3.18. The Morgan fingerprint density at radius 1 is 1.30 bits per heavy atom. The van der Waals surface area contributed by atoms with Gasteiger partial charge in [-0.3, -0.25) is 0 Å². The van der Waals surface area contributed by atoms with Gasteiger partial charge >= 0.3 is 0 Å². The van der Waals surface area contributed by atoms with Crippen LogP contribution in [-0.4, -0.2) is 0 Å². The summed E-state index contributed by atoms with van der Waals surface area (Å²) in [5, 5.41) is 11.0. The number of benzene rings is 1. The Kier molecular flexibility index (Phi) is 2.24. The fourth-order valence-corrected chi connectivity index (χ4v) is 0.779. The Balaban J connectivity index is 2.84. The minimum atomic E-state index is -0.777. The van der Waals surface area contributed by atoms with E-state index in [1.54, 1.807) is 12.1 Å². The molecule has 0 spiro atoms. The molecule has 51 valence electrons. The van der Waals surface area contributed by atoms with Crippen LogP contribution < -0.4 is 0 Å². The summed E-state index contributed by atoms with van der Waals surface area (Å²) in [6.45, 7) is 3.42. The van der Waals surface area contributed by atoms with E-state index in [0.29, 0.717) is 0 Å². The zero-order valence-corrected chi connectivity index (χ0v) is 5.66. The fourth-order valence-electron chi connectivity index (χ4n) is 0.779. The Bertz CT molecular complexity index is 203. The smallest absolute Gasteiger partial charge is 0.136 e. The Morgan fingerprint density at radius 3 is 2.40 bits per heavy atom. The van der Waals surface area contributed by atoms with Crippen LogP contribution >= 0.6 is 0 Å². The molecule has 0 fully saturated rings. The van der Waals surface area contributed by atoms with Crippen molar-refractivity contribution in [1.82, 2.24) is 0 Å². The lowest BCUT2D eigenvalue weighted by atomic mass is 10.1. The SMILES string of the molecule is C=C[C@@H]([O])c1ccccc1. The van der Waals surface area contributed by atoms with Crippen molar-refractivity contribution in [2.24, 2.45) is 0 Å². The first kappa shape index (κ1) is 7.03. The highest BCUT2D eigenvalue weighted by atomic mass is 16.3. The van der Waals surface area contributed by atoms with E-state index in [0.717, 1.165) is 5.56 Å². The molecule has 1 aromatic rings. The highest BCUT2D eigenvalue weighted by Crippen LogP contribution is 2.12. The van der Waals surface area contributed by atoms with Gasteiger partial charge < -0.3 is 0 Å². The first-order chi connectivity index (χ1) is 4.84. The normalized spacial score (nSPS) is 12.5. The van der Waals surface area contributed by atoms with Gasteiger partial charge in [-0.1, -0.05) is 36.4 Å². The van der Waals surface area contributed by atoms with Gasteiger partial charge in [0.2, 0.25) is 0 Å². The molecule has 1 nitrogen and oxygen atoms in total. The average Bonchev–Trinajstić information content (AvgIpc) is 2.05. The van der Waals surface area contributed by atoms with E-state index in [1.165, 1.54) is 6.08 Å². The van der Waals surface area contributed by atoms with E-state index in [9.17, 15) is 5.11 Å². The minimum Gasteiger partial charge on any atom is -0.223 e. The largest absolute Gasteiger partial charge is 0.223 e. The monoisotopic (exact) mass is 133 g/mol. The van der Waals surface area contributed by atoms with Crippen molar-refractivity contribution in [3.8, 4) is 0 Å². The van der Waals surface area contributed by atoms with Gasteiger partial charge in [0.15, 0.2) is 0 Å². The molecule has 0 aliphatic heterocycles. The van der Waals surface area contributed by atoms with Crippen LogP contribution in [0.4, 0.5) is 0 Å². The number of hydrogen-bond acceptors (Lipinski definition) is 0. The Hall–Kier alpha value is -1.08. The van der Waals surface area contributed by atoms with Crippen LogP contribution in [-0.2, 0) is 5.11 Å². The van der Waals surface area contributed by atoms with Gasteiger partial charge in [-0.15, -0.1) is 6.58 Å². The van der Waals surface area contributed by atoms with Crippen LogP contribution in [0.1, 0.15) is 11.7 Å². The van der Waals surface area contributed by atoms with E-state index in [-0.39, 0.29) is 0 Å². The van der Waals surface area contributed by atoms with Crippen LogP contribution in [0.2, 0.25) is 0 Å². The zero-order valence-electron chi connectivity index (χ0n) is 5.66. The van der Waals surface area contributed by atoms with Crippen LogP contribution in [0.3, 0.4) is 0 Å². The van der Waals surface area contributed by atoms with Gasteiger partial charge in [0, 0.05) is 0 Å².